The number of hydrogen-bond acceptors (Lipinski definition) is 3. The first-order valence-electron chi connectivity index (χ1n) is 9.45. The van der Waals surface area contributed by atoms with Gasteiger partial charge in [-0.1, -0.05) is 12.1 Å². The fourth-order valence-corrected chi connectivity index (χ4v) is 6.28. The molecule has 1 aromatic rings. The van der Waals surface area contributed by atoms with Crippen LogP contribution in [-0.4, -0.2) is 56.8 Å². The molecule has 4 nitrogen and oxygen atoms in total. The number of likely N-dealkylation sites (N-methyl/N-ethyl adjacent to an activating group) is 1. The average Bonchev–Trinajstić information content (AvgIpc) is 3.16. The van der Waals surface area contributed by atoms with Crippen LogP contribution in [0.3, 0.4) is 0 Å². The Labute approximate surface area is 150 Å². The summed E-state index contributed by atoms with van der Waals surface area (Å²) in [5.41, 5.74) is 2.93. The zero-order chi connectivity index (χ0) is 17.3. The molecule has 1 saturated carbocycles. The zero-order valence-electron chi connectivity index (χ0n) is 15.5. The van der Waals surface area contributed by atoms with Gasteiger partial charge in [0.2, 0.25) is 0 Å². The first-order valence-corrected chi connectivity index (χ1v) is 9.45. The lowest BCUT2D eigenvalue weighted by Gasteiger charge is -2.57. The van der Waals surface area contributed by atoms with E-state index in [0.29, 0.717) is 0 Å². The van der Waals surface area contributed by atoms with Crippen LogP contribution in [-0.2, 0) is 14.9 Å². The highest BCUT2D eigenvalue weighted by molar-refractivity contribution is 5.65. The highest BCUT2D eigenvalue weighted by Gasteiger charge is 2.71. The normalized spacial score (nSPS) is 36.8. The maximum atomic E-state index is 6.19. The molecule has 4 aliphatic rings. The number of nitrogens with zero attached hydrogens (tertiary/aromatic N) is 1. The van der Waals surface area contributed by atoms with Gasteiger partial charge in [0.1, 0.15) is 11.3 Å². The third kappa shape index (κ3) is 1.83. The first kappa shape index (κ1) is 15.9. The van der Waals surface area contributed by atoms with Gasteiger partial charge in [-0.15, -0.1) is 0 Å². The second-order valence-corrected chi connectivity index (χ2v) is 8.74. The molecule has 3 fully saturated rings. The monoisotopic (exact) mass is 342 g/mol. The summed E-state index contributed by atoms with van der Waals surface area (Å²) in [5.74, 6) is 0.557. The fraction of sp³-hybridized carbons (Fsp3) is 0.619. The molecule has 2 aliphatic heterocycles. The van der Waals surface area contributed by atoms with Crippen molar-refractivity contribution in [2.24, 2.45) is 0 Å². The van der Waals surface area contributed by atoms with E-state index in [0.717, 1.165) is 42.7 Å². The van der Waals surface area contributed by atoms with Gasteiger partial charge in [-0.3, -0.25) is 0 Å². The predicted molar refractivity (Wildman–Crippen MR) is 96.5 cm³/mol. The van der Waals surface area contributed by atoms with Gasteiger partial charge in [0.15, 0.2) is 5.79 Å². The molecule has 1 aromatic carbocycles. The van der Waals surface area contributed by atoms with Crippen LogP contribution < -0.4 is 4.74 Å². The van der Waals surface area contributed by atoms with Crippen molar-refractivity contribution in [3.63, 3.8) is 0 Å². The molecule has 0 N–H and O–H groups in total. The molecule has 1 unspecified atom stereocenters. The molecule has 1 spiro atoms. The Balaban J connectivity index is 1.74. The average molecular weight is 342 g/mol. The minimum Gasteiger partial charge on any atom is -0.497 e. The van der Waals surface area contributed by atoms with Gasteiger partial charge in [0.05, 0.1) is 46.4 Å². The summed E-state index contributed by atoms with van der Waals surface area (Å²) in [4.78, 5) is 0. The molecule has 134 valence electrons. The van der Waals surface area contributed by atoms with E-state index < -0.39 is 0 Å². The second-order valence-electron chi connectivity index (χ2n) is 8.74. The van der Waals surface area contributed by atoms with Crippen LogP contribution in [0.4, 0.5) is 0 Å². The Morgan fingerprint density at radius 2 is 1.88 bits per heavy atom. The number of quaternary nitrogens is 1. The Morgan fingerprint density at radius 3 is 2.64 bits per heavy atom. The number of rotatable bonds is 1. The van der Waals surface area contributed by atoms with E-state index in [1.807, 2.05) is 0 Å². The van der Waals surface area contributed by atoms with Crippen LogP contribution >= 0.6 is 0 Å². The molecule has 0 radical (unpaired) electrons. The van der Waals surface area contributed by atoms with Gasteiger partial charge >= 0.3 is 0 Å². The van der Waals surface area contributed by atoms with Crippen molar-refractivity contribution in [2.75, 3.05) is 41.0 Å². The lowest BCUT2D eigenvalue weighted by atomic mass is 9.53. The molecule has 0 bridgehead atoms. The van der Waals surface area contributed by atoms with Gasteiger partial charge in [0, 0.05) is 25.7 Å². The molecule has 0 amide bonds. The van der Waals surface area contributed by atoms with E-state index in [9.17, 15) is 0 Å². The maximum absolute atomic E-state index is 6.19. The molecule has 5 rings (SSSR count). The minimum atomic E-state index is -0.390. The summed E-state index contributed by atoms with van der Waals surface area (Å²) >= 11 is 0. The highest BCUT2D eigenvalue weighted by atomic mass is 16.7. The van der Waals surface area contributed by atoms with E-state index in [2.05, 4.69) is 44.4 Å². The topological polar surface area (TPSA) is 27.7 Å². The van der Waals surface area contributed by atoms with Gasteiger partial charge in [-0.05, 0) is 29.3 Å². The van der Waals surface area contributed by atoms with Gasteiger partial charge < -0.3 is 18.7 Å². The largest absolute Gasteiger partial charge is 0.497 e. The lowest BCUT2D eigenvalue weighted by Crippen LogP contribution is -2.67. The van der Waals surface area contributed by atoms with Gasteiger partial charge in [-0.2, -0.15) is 0 Å². The number of benzene rings is 1. The van der Waals surface area contributed by atoms with Crippen LogP contribution in [0.2, 0.25) is 0 Å². The summed E-state index contributed by atoms with van der Waals surface area (Å²) < 4.78 is 19.0. The Hall–Kier alpha value is -1.36. The van der Waals surface area contributed by atoms with Crippen LogP contribution in [0.5, 0.6) is 5.75 Å². The first-order chi connectivity index (χ1) is 12.0. The predicted octanol–water partition coefficient (Wildman–Crippen LogP) is 3.11. The van der Waals surface area contributed by atoms with E-state index in [4.69, 9.17) is 14.2 Å². The van der Waals surface area contributed by atoms with Crippen LogP contribution in [0.25, 0.3) is 6.08 Å². The van der Waals surface area contributed by atoms with Crippen molar-refractivity contribution in [3.8, 4) is 5.75 Å². The van der Waals surface area contributed by atoms with Crippen molar-refractivity contribution in [2.45, 2.75) is 42.4 Å². The molecule has 2 heterocycles. The van der Waals surface area contributed by atoms with Crippen molar-refractivity contribution >= 4 is 6.08 Å². The highest BCUT2D eigenvalue weighted by Crippen LogP contribution is 2.64. The Bertz CT molecular complexity index is 750. The molecule has 2 atom stereocenters. The number of hydrogen-bond donors (Lipinski definition) is 0. The van der Waals surface area contributed by atoms with Crippen LogP contribution in [0.1, 0.15) is 36.8 Å². The third-order valence-corrected chi connectivity index (χ3v) is 7.59. The maximum Gasteiger partial charge on any atom is 0.169 e. The standard InChI is InChI=1S/C21H28NO3/c1-22(2)11-10-19-15-21(24-12-13-25-21)9-8-20(19,22)7-6-16-4-5-17(23-3)14-18(16)19/h4-7,14H,8-13,15H2,1-3H3/q+1/t19?,20-/m0/s1. The molecule has 4 heteroatoms. The number of methoxy groups -OCH3 is 1. The summed E-state index contributed by atoms with van der Waals surface area (Å²) in [6, 6.07) is 6.55. The molecule has 2 aliphatic carbocycles. The van der Waals surface area contributed by atoms with E-state index in [1.54, 1.807) is 7.11 Å². The summed E-state index contributed by atoms with van der Waals surface area (Å²) in [5, 5.41) is 0. The van der Waals surface area contributed by atoms with Gasteiger partial charge in [-0.25, -0.2) is 0 Å². The Morgan fingerprint density at radius 1 is 1.08 bits per heavy atom. The zero-order valence-corrected chi connectivity index (χ0v) is 15.5. The third-order valence-electron chi connectivity index (χ3n) is 7.59. The van der Waals surface area contributed by atoms with Crippen molar-refractivity contribution < 1.29 is 18.7 Å². The summed E-state index contributed by atoms with van der Waals surface area (Å²) in [7, 11) is 6.54. The SMILES string of the molecule is COc1ccc2c(c1)C13CC[N+](C)(C)[C@@]1(C=C2)CCC1(C3)OCCO1. The Kier molecular flexibility index (Phi) is 3.09. The molecule has 0 aromatic heterocycles. The molecular formula is C21H28NO3+. The number of likely N-dealkylation sites (tertiary alicyclic amines) is 1. The lowest BCUT2D eigenvalue weighted by molar-refractivity contribution is -0.925. The second kappa shape index (κ2) is 4.87. The number of ether oxygens (including phenoxy) is 3. The van der Waals surface area contributed by atoms with E-state index in [-0.39, 0.29) is 16.7 Å². The molecule has 2 saturated heterocycles. The van der Waals surface area contributed by atoms with Gasteiger partial charge in [0.25, 0.3) is 0 Å². The fourth-order valence-electron chi connectivity index (χ4n) is 6.28. The minimum absolute atomic E-state index is 0.0533. The quantitative estimate of drug-likeness (QED) is 0.734. The van der Waals surface area contributed by atoms with Crippen LogP contribution in [0, 0.1) is 0 Å². The van der Waals surface area contributed by atoms with E-state index >= 15 is 0 Å². The van der Waals surface area contributed by atoms with Crippen molar-refractivity contribution in [1.82, 2.24) is 0 Å². The molecule has 25 heavy (non-hydrogen) atoms. The smallest absolute Gasteiger partial charge is 0.169 e. The van der Waals surface area contributed by atoms with Crippen molar-refractivity contribution in [3.05, 3.63) is 35.4 Å². The number of fused-ring (bicyclic) bond motifs is 1. The van der Waals surface area contributed by atoms with Crippen molar-refractivity contribution in [1.29, 1.82) is 0 Å². The summed E-state index contributed by atoms with van der Waals surface area (Å²) in [6.07, 6.45) is 9.06. The summed E-state index contributed by atoms with van der Waals surface area (Å²) in [6.45, 7) is 2.63. The van der Waals surface area contributed by atoms with E-state index in [1.165, 1.54) is 24.1 Å². The van der Waals surface area contributed by atoms with Crippen LogP contribution in [0.15, 0.2) is 24.3 Å². The molecular weight excluding hydrogens is 314 g/mol.